The molecule has 3 heterocycles. The molecular formula is C26H17F5N6O3. The van der Waals surface area contributed by atoms with Gasteiger partial charge < -0.3 is 10.5 Å². The lowest BCUT2D eigenvalue weighted by Gasteiger charge is -2.22. The number of nitrogens with zero attached hydrogens (tertiary/aromatic N) is 5. The number of nitrogens with two attached hydrogens (primary N) is 1. The Morgan fingerprint density at radius 1 is 0.875 bits per heavy atom. The molecule has 6 rings (SSSR count). The molecule has 40 heavy (non-hydrogen) atoms. The Morgan fingerprint density at radius 3 is 2.23 bits per heavy atom. The number of rotatable bonds is 5. The van der Waals surface area contributed by atoms with E-state index in [-0.39, 0.29) is 40.6 Å². The zero-order valence-corrected chi connectivity index (χ0v) is 20.2. The summed E-state index contributed by atoms with van der Waals surface area (Å²) in [4.78, 5) is 33.7. The first-order chi connectivity index (χ1) is 19.1. The first-order valence-corrected chi connectivity index (χ1v) is 12.0. The molecule has 1 saturated carbocycles. The number of ether oxygens (including phenoxy) is 1. The monoisotopic (exact) mass is 556 g/mol. The molecule has 0 radical (unpaired) electrons. The molecule has 2 aliphatic rings. The summed E-state index contributed by atoms with van der Waals surface area (Å²) in [6, 6.07) is 2.46. The van der Waals surface area contributed by atoms with Crippen LogP contribution in [-0.2, 0) is 9.59 Å². The van der Waals surface area contributed by atoms with Gasteiger partial charge in [-0.1, -0.05) is 0 Å². The number of nitrogen functional groups attached to an aromatic ring is 1. The van der Waals surface area contributed by atoms with Crippen molar-refractivity contribution < 1.29 is 36.3 Å². The lowest BCUT2D eigenvalue weighted by atomic mass is 10.1. The smallest absolute Gasteiger partial charge is 0.253 e. The Morgan fingerprint density at radius 2 is 1.55 bits per heavy atom. The number of hydrogen-bond donors (Lipinski definition) is 1. The van der Waals surface area contributed by atoms with Crippen LogP contribution in [0.3, 0.4) is 0 Å². The van der Waals surface area contributed by atoms with Gasteiger partial charge >= 0.3 is 0 Å². The van der Waals surface area contributed by atoms with Gasteiger partial charge in [0.05, 0.1) is 11.4 Å². The third-order valence-corrected chi connectivity index (χ3v) is 6.94. The van der Waals surface area contributed by atoms with E-state index in [0.717, 1.165) is 12.1 Å². The molecule has 1 fully saturated rings. The van der Waals surface area contributed by atoms with Crippen molar-refractivity contribution in [3.63, 3.8) is 0 Å². The third-order valence-electron chi connectivity index (χ3n) is 6.94. The zero-order valence-electron chi connectivity index (χ0n) is 20.2. The van der Waals surface area contributed by atoms with E-state index in [4.69, 9.17) is 10.5 Å². The van der Waals surface area contributed by atoms with Gasteiger partial charge in [0, 0.05) is 35.9 Å². The summed E-state index contributed by atoms with van der Waals surface area (Å²) in [5.41, 5.74) is 6.37. The second-order valence-corrected chi connectivity index (χ2v) is 9.29. The summed E-state index contributed by atoms with van der Waals surface area (Å²) in [5.74, 6) is -10.4. The maximum Gasteiger partial charge on any atom is 0.253 e. The number of fused-ring (bicyclic) bond motifs is 1. The first-order valence-electron chi connectivity index (χ1n) is 12.0. The highest BCUT2D eigenvalue weighted by Crippen LogP contribution is 2.40. The summed E-state index contributed by atoms with van der Waals surface area (Å²) in [7, 11) is 0. The van der Waals surface area contributed by atoms with Crippen molar-refractivity contribution in [2.75, 3.05) is 5.73 Å². The van der Waals surface area contributed by atoms with Crippen molar-refractivity contribution in [2.45, 2.75) is 31.3 Å². The lowest BCUT2D eigenvalue weighted by Crippen LogP contribution is -2.38. The predicted octanol–water partition coefficient (Wildman–Crippen LogP) is 4.58. The molecule has 0 bridgehead atoms. The van der Waals surface area contributed by atoms with Gasteiger partial charge in [-0.05, 0) is 31.4 Å². The minimum Gasteiger partial charge on any atom is -0.451 e. The van der Waals surface area contributed by atoms with Crippen LogP contribution in [0.15, 0.2) is 42.7 Å². The minimum atomic E-state index is -1.78. The molecule has 2 aromatic heterocycles. The van der Waals surface area contributed by atoms with Crippen LogP contribution in [0.4, 0.5) is 27.8 Å². The number of amides is 2. The maximum atomic E-state index is 15.4. The molecule has 204 valence electrons. The van der Waals surface area contributed by atoms with Crippen molar-refractivity contribution in [1.29, 1.82) is 0 Å². The first kappa shape index (κ1) is 25.4. The quantitative estimate of drug-likeness (QED) is 0.217. The van der Waals surface area contributed by atoms with Crippen molar-refractivity contribution in [2.24, 2.45) is 0 Å². The van der Waals surface area contributed by atoms with Crippen LogP contribution < -0.4 is 10.5 Å². The van der Waals surface area contributed by atoms with Crippen LogP contribution >= 0.6 is 0 Å². The minimum absolute atomic E-state index is 0.00833. The highest BCUT2D eigenvalue weighted by molar-refractivity contribution is 6.13. The van der Waals surface area contributed by atoms with Gasteiger partial charge in [-0.25, -0.2) is 27.8 Å². The molecule has 1 aliphatic carbocycles. The molecular weight excluding hydrogens is 539 g/mol. The number of aromatic nitrogens is 4. The molecule has 9 nitrogen and oxygen atoms in total. The van der Waals surface area contributed by atoms with Crippen LogP contribution in [0, 0.1) is 29.1 Å². The van der Waals surface area contributed by atoms with Crippen molar-refractivity contribution in [3.05, 3.63) is 71.8 Å². The van der Waals surface area contributed by atoms with Crippen LogP contribution in [0.5, 0.6) is 11.5 Å². The Hall–Kier alpha value is -4.88. The van der Waals surface area contributed by atoms with Gasteiger partial charge in [0.1, 0.15) is 29.4 Å². The molecule has 0 spiro atoms. The Labute approximate surface area is 221 Å². The fraction of sp³-hybridized carbons (Fsp3) is 0.192. The number of anilines is 1. The largest absolute Gasteiger partial charge is 0.451 e. The fourth-order valence-corrected chi connectivity index (χ4v) is 5.11. The van der Waals surface area contributed by atoms with E-state index in [1.54, 1.807) is 4.68 Å². The lowest BCUT2D eigenvalue weighted by molar-refractivity contribution is -0.139. The fourth-order valence-electron chi connectivity index (χ4n) is 5.11. The van der Waals surface area contributed by atoms with Crippen molar-refractivity contribution in [3.8, 4) is 22.8 Å². The van der Waals surface area contributed by atoms with Crippen molar-refractivity contribution >= 4 is 28.7 Å². The van der Waals surface area contributed by atoms with E-state index >= 15 is 4.39 Å². The standard InChI is InChI=1S/C26H17F5N6O3/c27-15-8-13(40-24-21(30)16(28)9-17(29)22(24)31)3-4-14(15)23-20-25(32)33-10-34-26(20)37(35-23)12-2-1-11(7-12)36-18(38)5-6-19(36)39/h3-6,8-12H,1-2,7H2,(H2,32,33,34)/t11?,12-/m0/s1. The number of carbonyl (C=O) groups excluding carboxylic acids is 2. The van der Waals surface area contributed by atoms with E-state index in [1.165, 1.54) is 29.4 Å². The summed E-state index contributed by atoms with van der Waals surface area (Å²) in [6.45, 7) is 0. The predicted molar refractivity (Wildman–Crippen MR) is 129 cm³/mol. The number of halogens is 5. The average Bonchev–Trinajstić information content (AvgIpc) is 3.63. The van der Waals surface area contributed by atoms with Gasteiger partial charge in [0.15, 0.2) is 17.3 Å². The van der Waals surface area contributed by atoms with E-state index in [9.17, 15) is 27.2 Å². The molecule has 0 saturated heterocycles. The van der Waals surface area contributed by atoms with E-state index in [2.05, 4.69) is 15.1 Å². The van der Waals surface area contributed by atoms with Gasteiger partial charge in [-0.3, -0.25) is 14.5 Å². The highest BCUT2D eigenvalue weighted by Gasteiger charge is 2.38. The Balaban J connectivity index is 1.35. The molecule has 4 aromatic rings. The van der Waals surface area contributed by atoms with Crippen molar-refractivity contribution in [1.82, 2.24) is 24.6 Å². The molecule has 2 N–H and O–H groups in total. The Kier molecular flexibility index (Phi) is 5.97. The molecule has 2 atom stereocenters. The maximum absolute atomic E-state index is 15.4. The average molecular weight is 556 g/mol. The summed E-state index contributed by atoms with van der Waals surface area (Å²) in [5, 5.41) is 4.79. The topological polar surface area (TPSA) is 116 Å². The van der Waals surface area contributed by atoms with Gasteiger partial charge in [0.25, 0.3) is 11.8 Å². The zero-order chi connectivity index (χ0) is 28.3. The van der Waals surface area contributed by atoms with Crippen LogP contribution in [0.1, 0.15) is 25.3 Å². The number of imide groups is 1. The highest BCUT2D eigenvalue weighted by atomic mass is 19.2. The van der Waals surface area contributed by atoms with Gasteiger partial charge in [0.2, 0.25) is 17.4 Å². The summed E-state index contributed by atoms with van der Waals surface area (Å²) in [6.07, 6.45) is 5.10. The second-order valence-electron chi connectivity index (χ2n) is 9.29. The van der Waals surface area contributed by atoms with E-state index < -0.39 is 52.4 Å². The molecule has 1 aliphatic heterocycles. The van der Waals surface area contributed by atoms with Crippen LogP contribution in [0.25, 0.3) is 22.3 Å². The number of benzene rings is 2. The van der Waals surface area contributed by atoms with Gasteiger partial charge in [-0.15, -0.1) is 0 Å². The van der Waals surface area contributed by atoms with Crippen LogP contribution in [-0.4, -0.2) is 42.5 Å². The molecule has 14 heteroatoms. The number of carbonyl (C=O) groups is 2. The van der Waals surface area contributed by atoms with Gasteiger partial charge in [-0.2, -0.15) is 13.9 Å². The molecule has 2 aromatic carbocycles. The molecule has 2 amide bonds. The van der Waals surface area contributed by atoms with Crippen LogP contribution in [0.2, 0.25) is 0 Å². The SMILES string of the molecule is Nc1ncnc2c1c(-c1ccc(Oc3c(F)c(F)cc(F)c3F)cc1F)nn2[C@H]1CCC(N2C(=O)C=CC2=O)C1. The van der Waals surface area contributed by atoms with E-state index in [0.29, 0.717) is 24.9 Å². The number of hydrogen-bond acceptors (Lipinski definition) is 7. The molecule has 1 unspecified atom stereocenters. The second kappa shape index (κ2) is 9.39. The van der Waals surface area contributed by atoms with E-state index in [1.807, 2.05) is 0 Å². The summed E-state index contributed by atoms with van der Waals surface area (Å²) < 4.78 is 77.0. The Bertz CT molecular complexity index is 1710. The third kappa shape index (κ3) is 4.03. The summed E-state index contributed by atoms with van der Waals surface area (Å²) >= 11 is 0. The normalized spacial score (nSPS) is 18.9.